The number of hydrazone groups is 2. The molecule has 57 heavy (non-hydrogen) atoms. The molecule has 2 amide bonds. The number of rotatable bonds is 12. The molecule has 15 heteroatoms. The summed E-state index contributed by atoms with van der Waals surface area (Å²) in [6, 6.07) is 24.5. The third-order valence-corrected chi connectivity index (χ3v) is 9.69. The number of methoxy groups -OCH3 is 3. The van der Waals surface area contributed by atoms with Crippen LogP contribution in [0.25, 0.3) is 0 Å². The molecule has 2 aliphatic rings. The average molecular weight is 789 g/mol. The molecule has 0 bridgehead atoms. The van der Waals surface area contributed by atoms with Crippen molar-refractivity contribution in [3.8, 4) is 23.0 Å². The van der Waals surface area contributed by atoms with Crippen LogP contribution in [0.2, 0.25) is 0 Å². The van der Waals surface area contributed by atoms with E-state index in [1.807, 2.05) is 61.5 Å². The minimum Gasteiger partial charge on any atom is -0.493 e. The normalized spacial score (nSPS) is 16.9. The van der Waals surface area contributed by atoms with Gasteiger partial charge in [0, 0.05) is 47.2 Å². The van der Waals surface area contributed by atoms with E-state index in [1.165, 1.54) is 35.3 Å². The quantitative estimate of drug-likeness (QED) is 0.138. The van der Waals surface area contributed by atoms with E-state index < -0.39 is 12.1 Å². The third-order valence-electron chi connectivity index (χ3n) is 9.69. The number of benzene rings is 4. The molecule has 0 spiro atoms. The number of nitrogen functional groups attached to an aromatic ring is 2. The Hall–Kier alpha value is -6.25. The maximum atomic E-state index is 12.6. The van der Waals surface area contributed by atoms with E-state index in [4.69, 9.17) is 30.8 Å². The van der Waals surface area contributed by atoms with E-state index in [0.717, 1.165) is 28.8 Å². The van der Waals surface area contributed by atoms with Crippen molar-refractivity contribution in [2.75, 3.05) is 32.8 Å². The molecule has 0 aromatic heterocycles. The highest BCUT2D eigenvalue weighted by atomic mass is 19.4. The van der Waals surface area contributed by atoms with Crippen molar-refractivity contribution < 1.29 is 41.7 Å². The van der Waals surface area contributed by atoms with Crippen LogP contribution in [0.4, 0.5) is 24.5 Å². The Bertz CT molecular complexity index is 2110. The number of alkyl halides is 3. The molecule has 2 atom stereocenters. The van der Waals surface area contributed by atoms with Gasteiger partial charge in [0.15, 0.2) is 23.0 Å². The van der Waals surface area contributed by atoms with Crippen LogP contribution < -0.4 is 30.4 Å². The van der Waals surface area contributed by atoms with Gasteiger partial charge in [-0.25, -0.2) is 10.0 Å². The number of para-hydroxylation sites is 1. The van der Waals surface area contributed by atoms with Gasteiger partial charge in [0.1, 0.15) is 0 Å². The number of anilines is 2. The highest BCUT2D eigenvalue weighted by molar-refractivity contribution is 6.07. The second-order valence-electron chi connectivity index (χ2n) is 13.4. The molecule has 0 fully saturated rings. The van der Waals surface area contributed by atoms with Gasteiger partial charge in [0.05, 0.1) is 45.8 Å². The molecule has 12 nitrogen and oxygen atoms in total. The highest BCUT2D eigenvalue weighted by Gasteiger charge is 2.34. The number of hydrogen-bond donors (Lipinski definition) is 2. The molecular weight excluding hydrogens is 741 g/mol. The van der Waals surface area contributed by atoms with Crippen molar-refractivity contribution in [2.24, 2.45) is 22.0 Å². The van der Waals surface area contributed by atoms with Gasteiger partial charge >= 0.3 is 6.36 Å². The van der Waals surface area contributed by atoms with Crippen molar-refractivity contribution >= 4 is 34.6 Å². The topological polar surface area (TPSA) is 154 Å². The summed E-state index contributed by atoms with van der Waals surface area (Å²) < 4.78 is 57.6. The average Bonchev–Trinajstić information content (AvgIpc) is 3.20. The van der Waals surface area contributed by atoms with Crippen molar-refractivity contribution in [2.45, 2.75) is 59.0 Å². The molecule has 0 radical (unpaired) electrons. The number of amides is 2. The maximum Gasteiger partial charge on any atom is 0.573 e. The van der Waals surface area contributed by atoms with Crippen LogP contribution in [0.1, 0.15) is 61.8 Å². The summed E-state index contributed by atoms with van der Waals surface area (Å²) in [5.41, 5.74) is 17.8. The molecule has 302 valence electrons. The monoisotopic (exact) mass is 788 g/mol. The largest absolute Gasteiger partial charge is 0.573 e. The molecule has 4 aromatic rings. The second-order valence-corrected chi connectivity index (χ2v) is 13.4. The van der Waals surface area contributed by atoms with E-state index in [9.17, 15) is 22.8 Å². The zero-order chi connectivity index (χ0) is 41.3. The van der Waals surface area contributed by atoms with Gasteiger partial charge in [-0.2, -0.15) is 10.2 Å². The number of carbonyl (C=O) groups is 2. The summed E-state index contributed by atoms with van der Waals surface area (Å²) in [6.45, 7) is 4.63. The van der Waals surface area contributed by atoms with E-state index in [0.29, 0.717) is 53.5 Å². The minimum atomic E-state index is -4.83. The molecule has 0 saturated carbocycles. The Labute approximate surface area is 329 Å². The molecule has 2 heterocycles. The van der Waals surface area contributed by atoms with Crippen LogP contribution in [0.5, 0.6) is 23.0 Å². The second kappa shape index (κ2) is 18.6. The Kier molecular flexibility index (Phi) is 13.7. The highest BCUT2D eigenvalue weighted by Crippen LogP contribution is 2.36. The van der Waals surface area contributed by atoms with Gasteiger partial charge in [-0.3, -0.25) is 9.59 Å². The lowest BCUT2D eigenvalue weighted by Gasteiger charge is -2.29. The summed E-state index contributed by atoms with van der Waals surface area (Å²) in [5.74, 6) is 0.608. The third kappa shape index (κ3) is 10.5. The van der Waals surface area contributed by atoms with Crippen molar-refractivity contribution in [1.82, 2.24) is 10.0 Å². The Morgan fingerprint density at radius 2 is 1.16 bits per heavy atom. The Morgan fingerprint density at radius 3 is 1.65 bits per heavy atom. The first-order valence-corrected chi connectivity index (χ1v) is 18.4. The van der Waals surface area contributed by atoms with Crippen molar-refractivity contribution in [3.63, 3.8) is 0 Å². The molecule has 0 aliphatic carbocycles. The Balaban J connectivity index is 0.000000219. The SMILES string of the molecule is CCC1CC(=O)N(Cc2ccc(N)cc2)N=C1c1ccc(OC(F)(F)F)c(OC)c1.CCC1CC(=O)N(Cc2ccccc2N)N=C1c1ccc(OC)c(OC)c1. The molecule has 2 aliphatic heterocycles. The van der Waals surface area contributed by atoms with E-state index in [-0.39, 0.29) is 42.4 Å². The summed E-state index contributed by atoms with van der Waals surface area (Å²) >= 11 is 0. The van der Waals surface area contributed by atoms with Gasteiger partial charge in [-0.05, 0) is 78.6 Å². The zero-order valence-electron chi connectivity index (χ0n) is 32.5. The smallest absolute Gasteiger partial charge is 0.493 e. The number of nitrogens with two attached hydrogens (primary N) is 2. The van der Waals surface area contributed by atoms with Crippen LogP contribution in [0, 0.1) is 11.8 Å². The fraction of sp³-hybridized carbons (Fsp3) is 0.333. The molecule has 4 aromatic carbocycles. The number of carbonyl (C=O) groups excluding carboxylic acids is 2. The van der Waals surface area contributed by atoms with Crippen LogP contribution in [0.3, 0.4) is 0 Å². The van der Waals surface area contributed by atoms with Gasteiger partial charge in [0.2, 0.25) is 11.8 Å². The number of hydrogen-bond acceptors (Lipinski definition) is 10. The van der Waals surface area contributed by atoms with Gasteiger partial charge < -0.3 is 30.4 Å². The molecule has 2 unspecified atom stereocenters. The first-order chi connectivity index (χ1) is 27.3. The molecule has 4 N–H and O–H groups in total. The van der Waals surface area contributed by atoms with E-state index in [2.05, 4.69) is 16.8 Å². The molecule has 6 rings (SSSR count). The van der Waals surface area contributed by atoms with E-state index in [1.54, 1.807) is 26.4 Å². The minimum absolute atomic E-state index is 0.00864. The summed E-state index contributed by atoms with van der Waals surface area (Å²) in [6.07, 6.45) is -2.65. The lowest BCUT2D eigenvalue weighted by atomic mass is 9.89. The number of nitrogens with zero attached hydrogens (tertiary/aromatic N) is 4. The van der Waals surface area contributed by atoms with Crippen LogP contribution in [-0.4, -0.2) is 60.9 Å². The molecular formula is C42H47F3N6O6. The van der Waals surface area contributed by atoms with Crippen molar-refractivity contribution in [3.05, 3.63) is 107 Å². The predicted molar refractivity (Wildman–Crippen MR) is 212 cm³/mol. The maximum absolute atomic E-state index is 12.6. The standard InChI is InChI=1S/C21H22F3N3O3.C21H25N3O3/c1-3-14-11-19(28)27(12-13-4-7-16(25)8-5-13)26-20(14)15-6-9-17(18(10-15)29-2)30-21(22,23)24;1-4-14-12-20(25)24(13-16-7-5-6-8-17(16)22)23-21(14)15-9-10-18(26-2)19(11-15)27-3/h4-10,14H,3,11-12,25H2,1-2H3;5-11,14H,4,12-13,22H2,1-3H3. The van der Waals surface area contributed by atoms with Gasteiger partial charge in [-0.15, -0.1) is 13.2 Å². The summed E-state index contributed by atoms with van der Waals surface area (Å²) in [4.78, 5) is 25.2. The Morgan fingerprint density at radius 1 is 0.667 bits per heavy atom. The van der Waals surface area contributed by atoms with Gasteiger partial charge in [-0.1, -0.05) is 44.2 Å². The fourth-order valence-corrected chi connectivity index (χ4v) is 6.54. The summed E-state index contributed by atoms with van der Waals surface area (Å²) in [7, 11) is 4.48. The number of halogens is 3. The fourth-order valence-electron chi connectivity index (χ4n) is 6.54. The van der Waals surface area contributed by atoms with Gasteiger partial charge in [0.25, 0.3) is 0 Å². The summed E-state index contributed by atoms with van der Waals surface area (Å²) in [5, 5.41) is 12.1. The van der Waals surface area contributed by atoms with Crippen molar-refractivity contribution in [1.29, 1.82) is 0 Å². The predicted octanol–water partition coefficient (Wildman–Crippen LogP) is 7.79. The zero-order valence-corrected chi connectivity index (χ0v) is 32.5. The van der Waals surface area contributed by atoms with E-state index >= 15 is 0 Å². The van der Waals surface area contributed by atoms with Crippen LogP contribution in [0.15, 0.2) is 95.1 Å². The molecule has 0 saturated heterocycles. The first kappa shape index (κ1) is 41.9. The first-order valence-electron chi connectivity index (χ1n) is 18.4. The lowest BCUT2D eigenvalue weighted by Crippen LogP contribution is -2.36. The lowest BCUT2D eigenvalue weighted by molar-refractivity contribution is -0.275. The number of ether oxygens (including phenoxy) is 4. The van der Waals surface area contributed by atoms with Crippen LogP contribution in [-0.2, 0) is 22.7 Å². The van der Waals surface area contributed by atoms with Crippen LogP contribution >= 0.6 is 0 Å².